The van der Waals surface area contributed by atoms with E-state index in [9.17, 15) is 15.0 Å². The van der Waals surface area contributed by atoms with E-state index in [0.29, 0.717) is 29.3 Å². The van der Waals surface area contributed by atoms with E-state index in [0.717, 1.165) is 16.7 Å². The smallest absolute Gasteiger partial charge is 0.295 e. The van der Waals surface area contributed by atoms with Crippen LogP contribution in [0.2, 0.25) is 25.7 Å². The Bertz CT molecular complexity index is 832. The highest BCUT2D eigenvalue weighted by Gasteiger charge is 2.22. The molecule has 9 heteroatoms. The number of imidazole rings is 1. The molecular weight excluding hydrogens is 390 g/mol. The van der Waals surface area contributed by atoms with Crippen molar-refractivity contribution in [2.45, 2.75) is 45.6 Å². The van der Waals surface area contributed by atoms with Gasteiger partial charge in [0.25, 0.3) is 5.91 Å². The van der Waals surface area contributed by atoms with Crippen LogP contribution >= 0.6 is 0 Å². The lowest BCUT2D eigenvalue weighted by Gasteiger charge is -2.19. The average molecular weight is 422 g/mol. The number of rotatable bonds is 10. The largest absolute Gasteiger partial charge is 0.392 e. The minimum atomic E-state index is -1.24. The summed E-state index contributed by atoms with van der Waals surface area (Å²) >= 11 is 0. The molecule has 0 fully saturated rings. The van der Waals surface area contributed by atoms with Gasteiger partial charge in [0, 0.05) is 27.3 Å². The Morgan fingerprint density at radius 1 is 1.21 bits per heavy atom. The second kappa shape index (κ2) is 10.1. The summed E-state index contributed by atoms with van der Waals surface area (Å²) in [5.41, 5.74) is 2.32. The van der Waals surface area contributed by atoms with Gasteiger partial charge in [-0.25, -0.2) is 10.0 Å². The number of nitrogens with zero attached hydrogens (tertiary/aromatic N) is 3. The minimum absolute atomic E-state index is 0.160. The van der Waals surface area contributed by atoms with Gasteiger partial charge in [-0.2, -0.15) is 0 Å². The van der Waals surface area contributed by atoms with Crippen molar-refractivity contribution in [3.05, 3.63) is 41.2 Å². The zero-order valence-corrected chi connectivity index (χ0v) is 18.8. The molecule has 0 saturated carbocycles. The van der Waals surface area contributed by atoms with Crippen molar-refractivity contribution in [3.63, 3.8) is 0 Å². The number of aromatic nitrogens is 2. The Balaban J connectivity index is 2.38. The van der Waals surface area contributed by atoms with Crippen molar-refractivity contribution in [2.24, 2.45) is 0 Å². The molecule has 1 amide bonds. The molecule has 1 aromatic heterocycles. The third-order valence-electron chi connectivity index (χ3n) is 4.66. The number of carbonyl (C=O) groups excluding carboxylic acids is 1. The first-order chi connectivity index (χ1) is 13.7. The van der Waals surface area contributed by atoms with E-state index < -0.39 is 8.07 Å². The number of carbonyl (C=O) groups is 1. The maximum atomic E-state index is 12.7. The van der Waals surface area contributed by atoms with Gasteiger partial charge >= 0.3 is 0 Å². The van der Waals surface area contributed by atoms with E-state index in [-0.39, 0.29) is 25.9 Å². The van der Waals surface area contributed by atoms with Crippen LogP contribution in [0.3, 0.4) is 0 Å². The zero-order chi connectivity index (χ0) is 21.6. The number of amides is 1. The van der Waals surface area contributed by atoms with Crippen molar-refractivity contribution in [3.8, 4) is 11.4 Å². The molecule has 160 valence electrons. The van der Waals surface area contributed by atoms with Gasteiger partial charge in [-0.15, -0.1) is 0 Å². The number of hydrogen-bond acceptors (Lipinski definition) is 6. The lowest BCUT2D eigenvalue weighted by atomic mass is 10.0. The van der Waals surface area contributed by atoms with E-state index in [1.54, 1.807) is 22.8 Å². The average Bonchev–Trinajstić information content (AvgIpc) is 3.12. The standard InChI is InChI=1S/C20H31N3O5Si/c1-22(27-2)20(26)18-11-21-19(23(18)14-28-8-9-29(3,4)5)15-6-7-16(12-24)17(10-15)13-25/h6-7,10-11,24-25H,8-9,12-14H2,1-5H3. The monoisotopic (exact) mass is 421 g/mol. The molecule has 0 spiro atoms. The highest BCUT2D eigenvalue weighted by atomic mass is 28.3. The minimum Gasteiger partial charge on any atom is -0.392 e. The van der Waals surface area contributed by atoms with Crippen LogP contribution in [-0.4, -0.2) is 59.6 Å². The Morgan fingerprint density at radius 3 is 2.48 bits per heavy atom. The quantitative estimate of drug-likeness (QED) is 0.348. The molecule has 0 aliphatic carbocycles. The Morgan fingerprint density at radius 2 is 1.90 bits per heavy atom. The molecule has 1 heterocycles. The molecule has 0 radical (unpaired) electrons. The summed E-state index contributed by atoms with van der Waals surface area (Å²) in [4.78, 5) is 22.1. The number of benzene rings is 1. The van der Waals surface area contributed by atoms with E-state index in [4.69, 9.17) is 9.57 Å². The topological polar surface area (TPSA) is 97.0 Å². The molecule has 29 heavy (non-hydrogen) atoms. The molecule has 2 rings (SSSR count). The fourth-order valence-corrected chi connectivity index (χ4v) is 3.51. The van der Waals surface area contributed by atoms with E-state index >= 15 is 0 Å². The zero-order valence-electron chi connectivity index (χ0n) is 17.8. The van der Waals surface area contributed by atoms with Gasteiger partial charge in [0.1, 0.15) is 18.2 Å². The van der Waals surface area contributed by atoms with Gasteiger partial charge in [0.15, 0.2) is 0 Å². The number of ether oxygens (including phenoxy) is 1. The summed E-state index contributed by atoms with van der Waals surface area (Å²) in [6.07, 6.45) is 1.49. The van der Waals surface area contributed by atoms with Crippen LogP contribution in [0.15, 0.2) is 24.4 Å². The molecule has 0 bridgehead atoms. The van der Waals surface area contributed by atoms with Crippen LogP contribution < -0.4 is 0 Å². The summed E-state index contributed by atoms with van der Waals surface area (Å²) in [6, 6.07) is 6.33. The van der Waals surface area contributed by atoms with Gasteiger partial charge in [-0.1, -0.05) is 31.8 Å². The van der Waals surface area contributed by atoms with Crippen LogP contribution in [-0.2, 0) is 29.5 Å². The van der Waals surface area contributed by atoms with Crippen molar-refractivity contribution < 1.29 is 24.6 Å². The maximum Gasteiger partial charge on any atom is 0.295 e. The molecule has 0 atom stereocenters. The van der Waals surface area contributed by atoms with Crippen LogP contribution in [0.1, 0.15) is 21.6 Å². The summed E-state index contributed by atoms with van der Waals surface area (Å²) in [5, 5.41) is 20.2. The molecule has 1 aromatic carbocycles. The molecule has 2 aromatic rings. The summed E-state index contributed by atoms with van der Waals surface area (Å²) < 4.78 is 7.58. The third kappa shape index (κ3) is 5.97. The number of hydrogen-bond donors (Lipinski definition) is 2. The molecule has 2 N–H and O–H groups in total. The molecule has 0 aliphatic rings. The number of hydroxylamine groups is 2. The first kappa shape index (κ1) is 23.2. The second-order valence-electron chi connectivity index (χ2n) is 8.03. The maximum absolute atomic E-state index is 12.7. The second-order valence-corrected chi connectivity index (χ2v) is 13.6. The number of aliphatic hydroxyl groups excluding tert-OH is 2. The van der Waals surface area contributed by atoms with Crippen LogP contribution in [0.4, 0.5) is 0 Å². The summed E-state index contributed by atoms with van der Waals surface area (Å²) in [5.74, 6) is 0.208. The first-order valence-corrected chi connectivity index (χ1v) is 13.2. The van der Waals surface area contributed by atoms with Gasteiger partial charge in [0.05, 0.1) is 26.5 Å². The number of aliphatic hydroxyl groups is 2. The molecule has 0 aliphatic heterocycles. The Labute approximate surface area is 172 Å². The van der Waals surface area contributed by atoms with Gasteiger partial charge in [-0.05, 0) is 23.2 Å². The molecule has 0 saturated heterocycles. The highest BCUT2D eigenvalue weighted by Crippen LogP contribution is 2.24. The predicted molar refractivity (Wildman–Crippen MR) is 113 cm³/mol. The fraction of sp³-hybridized carbons (Fsp3) is 0.500. The van der Waals surface area contributed by atoms with Crippen LogP contribution in [0.25, 0.3) is 11.4 Å². The van der Waals surface area contributed by atoms with Crippen molar-refractivity contribution >= 4 is 14.0 Å². The Hall–Kier alpha value is -2.04. The van der Waals surface area contributed by atoms with Crippen molar-refractivity contribution in [2.75, 3.05) is 20.8 Å². The summed E-state index contributed by atoms with van der Waals surface area (Å²) in [6.45, 7) is 7.26. The van der Waals surface area contributed by atoms with E-state index in [1.165, 1.54) is 20.4 Å². The van der Waals surface area contributed by atoms with Crippen molar-refractivity contribution in [1.82, 2.24) is 14.6 Å². The van der Waals surface area contributed by atoms with Gasteiger partial charge < -0.3 is 14.9 Å². The summed E-state index contributed by atoms with van der Waals surface area (Å²) in [7, 11) is 1.72. The van der Waals surface area contributed by atoms with Crippen LogP contribution in [0.5, 0.6) is 0 Å². The first-order valence-electron chi connectivity index (χ1n) is 9.51. The van der Waals surface area contributed by atoms with Crippen LogP contribution in [0, 0.1) is 0 Å². The molecular formula is C20H31N3O5Si. The van der Waals surface area contributed by atoms with E-state index in [2.05, 4.69) is 24.6 Å². The lowest BCUT2D eigenvalue weighted by molar-refractivity contribution is -0.0766. The lowest BCUT2D eigenvalue weighted by Crippen LogP contribution is -2.28. The predicted octanol–water partition coefficient (Wildman–Crippen LogP) is 2.48. The van der Waals surface area contributed by atoms with Gasteiger partial charge in [-0.3, -0.25) is 14.2 Å². The molecule has 0 unspecified atom stereocenters. The Kier molecular flexibility index (Phi) is 8.11. The third-order valence-corrected chi connectivity index (χ3v) is 6.36. The van der Waals surface area contributed by atoms with Gasteiger partial charge in [0.2, 0.25) is 0 Å². The normalized spacial score (nSPS) is 11.7. The SMILES string of the molecule is CON(C)C(=O)c1cnc(-c2ccc(CO)c(CO)c2)n1COCC[Si](C)(C)C. The van der Waals surface area contributed by atoms with Crippen molar-refractivity contribution in [1.29, 1.82) is 0 Å². The molecule has 8 nitrogen and oxygen atoms in total. The highest BCUT2D eigenvalue weighted by molar-refractivity contribution is 6.76. The van der Waals surface area contributed by atoms with E-state index in [1.807, 2.05) is 0 Å². The fourth-order valence-electron chi connectivity index (χ4n) is 2.75.